The van der Waals surface area contributed by atoms with Gasteiger partial charge in [-0.25, -0.2) is 27.0 Å². The summed E-state index contributed by atoms with van der Waals surface area (Å²) in [6, 6.07) is 9.37. The first-order valence-electron chi connectivity index (χ1n) is 9.83. The lowest BCUT2D eigenvalue weighted by atomic mass is 10.1. The van der Waals surface area contributed by atoms with Crippen LogP contribution < -0.4 is 10.5 Å². The van der Waals surface area contributed by atoms with Crippen LogP contribution >= 0.6 is 11.3 Å². The molecule has 3 N–H and O–H groups in total. The van der Waals surface area contributed by atoms with Crippen molar-refractivity contribution >= 4 is 47.3 Å². The molecule has 0 saturated heterocycles. The Bertz CT molecular complexity index is 1350. The minimum Gasteiger partial charge on any atom is -0.354 e. The number of thiazole rings is 1. The van der Waals surface area contributed by atoms with Crippen molar-refractivity contribution in [1.29, 1.82) is 0 Å². The van der Waals surface area contributed by atoms with Gasteiger partial charge >= 0.3 is 0 Å². The van der Waals surface area contributed by atoms with E-state index in [2.05, 4.69) is 15.3 Å². The Kier molecular flexibility index (Phi) is 7.28. The van der Waals surface area contributed by atoms with Gasteiger partial charge in [-0.2, -0.15) is 0 Å². The zero-order valence-corrected chi connectivity index (χ0v) is 20.1. The molecule has 0 radical (unpaired) electrons. The highest BCUT2D eigenvalue weighted by atomic mass is 32.2. The molecule has 3 aromatic rings. The van der Waals surface area contributed by atoms with Crippen LogP contribution in [0.1, 0.15) is 29.3 Å². The molecule has 0 aliphatic carbocycles. The second-order valence-corrected chi connectivity index (χ2v) is 12.3. The van der Waals surface area contributed by atoms with Crippen LogP contribution in [0.2, 0.25) is 0 Å². The van der Waals surface area contributed by atoms with E-state index in [9.17, 15) is 21.6 Å². The summed E-state index contributed by atoms with van der Waals surface area (Å²) in [4.78, 5) is 21.4. The van der Waals surface area contributed by atoms with Gasteiger partial charge in [-0.05, 0) is 48.7 Å². The Morgan fingerprint density at radius 1 is 1.12 bits per heavy atom. The van der Waals surface area contributed by atoms with Gasteiger partial charge in [0.15, 0.2) is 15.1 Å². The van der Waals surface area contributed by atoms with Crippen LogP contribution in [0, 0.1) is 6.92 Å². The molecule has 2 aromatic heterocycles. The Hall–Kier alpha value is -2.41. The molecular formula is C20H24N4O5S3. The van der Waals surface area contributed by atoms with E-state index in [1.807, 2.05) is 31.2 Å². The first-order valence-corrected chi connectivity index (χ1v) is 14.1. The normalized spacial score (nSPS) is 13.2. The molecular weight excluding hydrogens is 472 g/mol. The quantitative estimate of drug-likeness (QED) is 0.460. The topological polar surface area (TPSA) is 149 Å². The minimum absolute atomic E-state index is 0.143. The predicted octanol–water partition coefficient (Wildman–Crippen LogP) is 1.94. The Morgan fingerprint density at radius 2 is 1.84 bits per heavy atom. The van der Waals surface area contributed by atoms with Crippen molar-refractivity contribution < 1.29 is 21.6 Å². The van der Waals surface area contributed by atoms with Gasteiger partial charge in [-0.3, -0.25) is 9.78 Å². The standard InChI is InChI=1S/C20H24N4O5S3/c1-3-9-31(26,27)18(19(25)23-8-10-32(21,28)29)20-24-16-5-4-14(12-17(16)30-20)15-6-7-22-13(2)11-15/h4-7,11-12,18H,3,8-10H2,1-2H3,(H,23,25)(H2,21,28,29). The molecule has 172 valence electrons. The molecule has 32 heavy (non-hydrogen) atoms. The third-order valence-corrected chi connectivity index (χ3v) is 8.77. The third kappa shape index (κ3) is 5.88. The molecule has 0 bridgehead atoms. The van der Waals surface area contributed by atoms with Crippen LogP contribution in [0.15, 0.2) is 36.5 Å². The maximum absolute atomic E-state index is 12.9. The van der Waals surface area contributed by atoms with Crippen molar-refractivity contribution in [2.45, 2.75) is 25.5 Å². The number of nitrogens with two attached hydrogens (primary N) is 1. The number of sulfone groups is 1. The number of fused-ring (bicyclic) bond motifs is 1. The molecule has 0 aliphatic heterocycles. The Morgan fingerprint density at radius 3 is 2.50 bits per heavy atom. The highest BCUT2D eigenvalue weighted by Crippen LogP contribution is 2.34. The summed E-state index contributed by atoms with van der Waals surface area (Å²) in [6.07, 6.45) is 2.05. The summed E-state index contributed by atoms with van der Waals surface area (Å²) in [5, 5.41) is 5.95. The second-order valence-electron chi connectivity index (χ2n) is 7.33. The van der Waals surface area contributed by atoms with Crippen LogP contribution in [0.5, 0.6) is 0 Å². The number of hydrogen-bond donors (Lipinski definition) is 2. The lowest BCUT2D eigenvalue weighted by Gasteiger charge is -2.15. The molecule has 1 aromatic carbocycles. The van der Waals surface area contributed by atoms with Crippen molar-refractivity contribution in [3.63, 3.8) is 0 Å². The SMILES string of the molecule is CCCS(=O)(=O)C(C(=O)NCCS(N)(=O)=O)c1nc2ccc(-c3ccnc(C)c3)cc2s1. The van der Waals surface area contributed by atoms with Crippen LogP contribution in [-0.2, 0) is 24.7 Å². The summed E-state index contributed by atoms with van der Waals surface area (Å²) in [5.74, 6) is -1.50. The van der Waals surface area contributed by atoms with Crippen molar-refractivity contribution in [3.8, 4) is 11.1 Å². The number of hydrogen-bond acceptors (Lipinski definition) is 8. The smallest absolute Gasteiger partial charge is 0.245 e. The summed E-state index contributed by atoms with van der Waals surface area (Å²) in [7, 11) is -7.65. The van der Waals surface area contributed by atoms with Gasteiger partial charge in [0.25, 0.3) is 0 Å². The fraction of sp³-hybridized carbons (Fsp3) is 0.350. The highest BCUT2D eigenvalue weighted by molar-refractivity contribution is 7.92. The molecule has 1 unspecified atom stereocenters. The van der Waals surface area contributed by atoms with Crippen molar-refractivity contribution in [3.05, 3.63) is 47.2 Å². The molecule has 12 heteroatoms. The molecule has 0 saturated carbocycles. The van der Waals surface area contributed by atoms with Crippen LogP contribution in [0.4, 0.5) is 0 Å². The van der Waals surface area contributed by atoms with E-state index in [4.69, 9.17) is 5.14 Å². The average Bonchev–Trinajstić information content (AvgIpc) is 3.09. The van der Waals surface area contributed by atoms with Gasteiger partial charge in [-0.15, -0.1) is 11.3 Å². The minimum atomic E-state index is -3.86. The van der Waals surface area contributed by atoms with Gasteiger partial charge in [0.05, 0.1) is 21.7 Å². The molecule has 9 nitrogen and oxygen atoms in total. The van der Waals surface area contributed by atoms with Gasteiger partial charge in [-0.1, -0.05) is 13.0 Å². The number of aryl methyl sites for hydroxylation is 1. The van der Waals surface area contributed by atoms with Crippen molar-refractivity contribution in [2.75, 3.05) is 18.1 Å². The number of primary sulfonamides is 1. The number of benzene rings is 1. The van der Waals surface area contributed by atoms with Gasteiger partial charge in [0.2, 0.25) is 15.9 Å². The number of aromatic nitrogens is 2. The lowest BCUT2D eigenvalue weighted by Crippen LogP contribution is -2.38. The molecule has 3 rings (SSSR count). The Labute approximate surface area is 191 Å². The van der Waals surface area contributed by atoms with E-state index in [-0.39, 0.29) is 17.3 Å². The summed E-state index contributed by atoms with van der Waals surface area (Å²) < 4.78 is 48.8. The van der Waals surface area contributed by atoms with E-state index in [1.54, 1.807) is 19.2 Å². The molecule has 0 fully saturated rings. The molecule has 1 amide bonds. The number of rotatable bonds is 9. The number of carbonyl (C=O) groups is 1. The first kappa shape index (κ1) is 24.2. The second kappa shape index (κ2) is 9.61. The fourth-order valence-electron chi connectivity index (χ4n) is 3.20. The van der Waals surface area contributed by atoms with Crippen LogP contribution in [0.3, 0.4) is 0 Å². The number of amides is 1. The zero-order chi connectivity index (χ0) is 23.5. The number of nitrogens with one attached hydrogen (secondary N) is 1. The number of sulfonamides is 1. The van der Waals surface area contributed by atoms with E-state index >= 15 is 0 Å². The molecule has 2 heterocycles. The molecule has 0 aliphatic rings. The fourth-order valence-corrected chi connectivity index (χ4v) is 6.73. The predicted molar refractivity (Wildman–Crippen MR) is 125 cm³/mol. The number of pyridine rings is 1. The zero-order valence-electron chi connectivity index (χ0n) is 17.6. The molecule has 1 atom stereocenters. The van der Waals surface area contributed by atoms with Crippen molar-refractivity contribution in [1.82, 2.24) is 15.3 Å². The highest BCUT2D eigenvalue weighted by Gasteiger charge is 2.36. The molecule has 0 spiro atoms. The van der Waals surface area contributed by atoms with E-state index in [0.29, 0.717) is 11.9 Å². The third-order valence-electron chi connectivity index (χ3n) is 4.63. The van der Waals surface area contributed by atoms with E-state index < -0.39 is 36.8 Å². The van der Waals surface area contributed by atoms with Crippen molar-refractivity contribution in [2.24, 2.45) is 5.14 Å². The first-order chi connectivity index (χ1) is 15.0. The number of nitrogens with zero attached hydrogens (tertiary/aromatic N) is 2. The van der Waals surface area contributed by atoms with Gasteiger partial charge < -0.3 is 5.32 Å². The monoisotopic (exact) mass is 496 g/mol. The van der Waals surface area contributed by atoms with Crippen LogP contribution in [-0.4, -0.2) is 50.8 Å². The maximum atomic E-state index is 12.9. The number of carbonyl (C=O) groups excluding carboxylic acids is 1. The van der Waals surface area contributed by atoms with Crippen LogP contribution in [0.25, 0.3) is 21.3 Å². The maximum Gasteiger partial charge on any atom is 0.245 e. The Balaban J connectivity index is 1.98. The summed E-state index contributed by atoms with van der Waals surface area (Å²) in [5.41, 5.74) is 3.33. The van der Waals surface area contributed by atoms with E-state index in [0.717, 1.165) is 32.9 Å². The lowest BCUT2D eigenvalue weighted by molar-refractivity contribution is -0.120. The summed E-state index contributed by atoms with van der Waals surface area (Å²) >= 11 is 1.13. The summed E-state index contributed by atoms with van der Waals surface area (Å²) in [6.45, 7) is 3.31. The van der Waals surface area contributed by atoms with Gasteiger partial charge in [0.1, 0.15) is 5.01 Å². The largest absolute Gasteiger partial charge is 0.354 e. The average molecular weight is 497 g/mol. The van der Waals surface area contributed by atoms with E-state index in [1.165, 1.54) is 0 Å². The van der Waals surface area contributed by atoms with Gasteiger partial charge in [0, 0.05) is 18.4 Å².